The molecule has 3 rings (SSSR count). The fourth-order valence-corrected chi connectivity index (χ4v) is 2.42. The maximum atomic E-state index is 13.4. The first-order chi connectivity index (χ1) is 8.89. The maximum Gasteiger partial charge on any atom is 0.278 e. The largest absolute Gasteiger partial charge is 0.502 e. The van der Waals surface area contributed by atoms with Crippen LogP contribution in [-0.4, -0.2) is 39.2 Å². The van der Waals surface area contributed by atoms with Gasteiger partial charge in [-0.05, 0) is 6.42 Å². The van der Waals surface area contributed by atoms with Crippen molar-refractivity contribution < 1.29 is 18.7 Å². The second kappa shape index (κ2) is 3.69. The van der Waals surface area contributed by atoms with E-state index >= 15 is 0 Å². The summed E-state index contributed by atoms with van der Waals surface area (Å²) in [6, 6.07) is 1.10. The van der Waals surface area contributed by atoms with Gasteiger partial charge >= 0.3 is 0 Å². The molecule has 3 heterocycles. The van der Waals surface area contributed by atoms with Crippen LogP contribution in [0, 0.1) is 0 Å². The number of carbonyl (C=O) groups excluding carboxylic acids is 1. The summed E-state index contributed by atoms with van der Waals surface area (Å²) in [7, 11) is 0. The van der Waals surface area contributed by atoms with E-state index in [0.29, 0.717) is 0 Å². The Labute approximate surface area is 106 Å². The Kier molecular flexibility index (Phi) is 2.32. The third kappa shape index (κ3) is 1.74. The summed E-state index contributed by atoms with van der Waals surface area (Å²) in [6.45, 7) is -0.716. The average Bonchev–Trinajstić information content (AvgIpc) is 2.34. The smallest absolute Gasteiger partial charge is 0.278 e. The van der Waals surface area contributed by atoms with Gasteiger partial charge in [0.25, 0.3) is 11.8 Å². The fraction of sp³-hybridized carbons (Fsp3) is 0.455. The number of pyridine rings is 1. The second-order valence-corrected chi connectivity index (χ2v) is 4.72. The van der Waals surface area contributed by atoms with Crippen LogP contribution in [0.5, 0.6) is 5.75 Å². The van der Waals surface area contributed by atoms with Gasteiger partial charge in [0.1, 0.15) is 6.17 Å². The van der Waals surface area contributed by atoms with E-state index in [4.69, 9.17) is 0 Å². The number of nitrogens with zero attached hydrogens (tertiary/aromatic N) is 2. The van der Waals surface area contributed by atoms with Gasteiger partial charge < -0.3 is 15.4 Å². The zero-order valence-electron chi connectivity index (χ0n) is 9.77. The van der Waals surface area contributed by atoms with Crippen LogP contribution in [0.25, 0.3) is 0 Å². The quantitative estimate of drug-likeness (QED) is 0.712. The number of carbonyl (C=O) groups is 1. The number of nitrogens with one attached hydrogen (secondary N) is 1. The number of aromatic hydroxyl groups is 1. The topological polar surface area (TPSA) is 74.6 Å². The number of halogens is 2. The molecule has 2 N–H and O–H groups in total. The number of amides is 1. The molecule has 2 aliphatic rings. The van der Waals surface area contributed by atoms with Crippen LogP contribution in [0.4, 0.5) is 8.78 Å². The third-order valence-electron chi connectivity index (χ3n) is 3.39. The predicted octanol–water partition coefficient (Wildman–Crippen LogP) is 0.308. The van der Waals surface area contributed by atoms with E-state index in [0.717, 1.165) is 11.0 Å². The predicted molar refractivity (Wildman–Crippen MR) is 60.7 cm³/mol. The van der Waals surface area contributed by atoms with Crippen LogP contribution < -0.4 is 10.9 Å². The number of rotatable bonds is 0. The molecule has 0 spiro atoms. The van der Waals surface area contributed by atoms with Gasteiger partial charge in [-0.2, -0.15) is 0 Å². The SMILES string of the molecule is O=C1c2c(O)c(=O)ccn2N[C@@H]2CCC(F)(F)CN12. The van der Waals surface area contributed by atoms with Crippen molar-refractivity contribution in [2.45, 2.75) is 24.9 Å². The van der Waals surface area contributed by atoms with E-state index in [2.05, 4.69) is 5.43 Å². The van der Waals surface area contributed by atoms with Gasteiger partial charge in [0.15, 0.2) is 11.4 Å². The Balaban J connectivity index is 2.07. The minimum Gasteiger partial charge on any atom is -0.502 e. The molecular formula is C11H11F2N3O3. The van der Waals surface area contributed by atoms with Gasteiger partial charge in [0.05, 0.1) is 6.54 Å². The summed E-state index contributed by atoms with van der Waals surface area (Å²) in [5.41, 5.74) is 1.80. The van der Waals surface area contributed by atoms with Crippen LogP contribution >= 0.6 is 0 Å². The number of piperidine rings is 1. The lowest BCUT2D eigenvalue weighted by molar-refractivity contribution is -0.0722. The normalized spacial score (nSPS) is 24.4. The lowest BCUT2D eigenvalue weighted by Gasteiger charge is -2.43. The summed E-state index contributed by atoms with van der Waals surface area (Å²) >= 11 is 0. The molecule has 8 heteroatoms. The van der Waals surface area contributed by atoms with E-state index in [-0.39, 0.29) is 18.5 Å². The molecule has 2 aliphatic heterocycles. The summed E-state index contributed by atoms with van der Waals surface area (Å²) in [4.78, 5) is 24.4. The second-order valence-electron chi connectivity index (χ2n) is 4.72. The van der Waals surface area contributed by atoms with E-state index < -0.39 is 35.7 Å². The molecule has 0 unspecified atom stereocenters. The number of hydrogen-bond acceptors (Lipinski definition) is 4. The molecule has 102 valence electrons. The first-order valence-electron chi connectivity index (χ1n) is 5.79. The lowest BCUT2D eigenvalue weighted by atomic mass is 10.0. The van der Waals surface area contributed by atoms with Crippen molar-refractivity contribution in [1.29, 1.82) is 0 Å². The van der Waals surface area contributed by atoms with Crippen molar-refractivity contribution in [1.82, 2.24) is 9.58 Å². The number of fused-ring (bicyclic) bond motifs is 2. The van der Waals surface area contributed by atoms with Crippen LogP contribution in [-0.2, 0) is 0 Å². The molecule has 0 aliphatic carbocycles. The fourth-order valence-electron chi connectivity index (χ4n) is 2.42. The van der Waals surface area contributed by atoms with Crippen molar-refractivity contribution in [3.8, 4) is 5.75 Å². The van der Waals surface area contributed by atoms with Gasteiger partial charge in [-0.1, -0.05) is 0 Å². The minimum absolute atomic E-state index is 0.102. The summed E-state index contributed by atoms with van der Waals surface area (Å²) in [6.07, 6.45) is 0.543. The van der Waals surface area contributed by atoms with Crippen molar-refractivity contribution in [2.75, 3.05) is 12.0 Å². The highest BCUT2D eigenvalue weighted by atomic mass is 19.3. The Morgan fingerprint density at radius 2 is 2.16 bits per heavy atom. The lowest BCUT2D eigenvalue weighted by Crippen LogP contribution is -2.60. The summed E-state index contributed by atoms with van der Waals surface area (Å²) < 4.78 is 27.9. The van der Waals surface area contributed by atoms with Gasteiger partial charge in [-0.3, -0.25) is 14.3 Å². The zero-order chi connectivity index (χ0) is 13.8. The molecule has 0 saturated carbocycles. The Morgan fingerprint density at radius 1 is 1.42 bits per heavy atom. The molecule has 1 atom stereocenters. The average molecular weight is 271 g/mol. The Bertz CT molecular complexity index is 614. The van der Waals surface area contributed by atoms with Crippen molar-refractivity contribution in [3.63, 3.8) is 0 Å². The van der Waals surface area contributed by atoms with Crippen molar-refractivity contribution in [2.24, 2.45) is 0 Å². The van der Waals surface area contributed by atoms with Crippen molar-refractivity contribution in [3.05, 3.63) is 28.2 Å². The minimum atomic E-state index is -2.94. The van der Waals surface area contributed by atoms with E-state index in [1.165, 1.54) is 10.9 Å². The molecule has 0 bridgehead atoms. The standard InChI is InChI=1S/C11H11F2N3O3/c12-11(13)3-1-7-14-16-4-2-6(17)9(18)8(16)10(19)15(7)5-11/h2,4,7,14,18H,1,3,5H2/t7-/m0/s1. The molecule has 6 nitrogen and oxygen atoms in total. The molecular weight excluding hydrogens is 260 g/mol. The van der Waals surface area contributed by atoms with Crippen molar-refractivity contribution >= 4 is 5.91 Å². The van der Waals surface area contributed by atoms with E-state index in [9.17, 15) is 23.5 Å². The summed E-state index contributed by atoms with van der Waals surface area (Å²) in [5.74, 6) is -4.44. The highest BCUT2D eigenvalue weighted by Crippen LogP contribution is 2.33. The highest BCUT2D eigenvalue weighted by Gasteiger charge is 2.45. The Hall–Kier alpha value is -2.12. The first-order valence-corrected chi connectivity index (χ1v) is 5.79. The van der Waals surface area contributed by atoms with Gasteiger partial charge in [0.2, 0.25) is 5.43 Å². The zero-order valence-corrected chi connectivity index (χ0v) is 9.77. The first kappa shape index (κ1) is 11.9. The van der Waals surface area contributed by atoms with Crippen LogP contribution in [0.1, 0.15) is 23.3 Å². The highest BCUT2D eigenvalue weighted by molar-refractivity contribution is 5.96. The Morgan fingerprint density at radius 3 is 2.89 bits per heavy atom. The number of hydrogen-bond donors (Lipinski definition) is 2. The van der Waals surface area contributed by atoms with Crippen LogP contribution in [0.3, 0.4) is 0 Å². The van der Waals surface area contributed by atoms with Gasteiger partial charge in [-0.15, -0.1) is 0 Å². The molecule has 1 amide bonds. The molecule has 1 saturated heterocycles. The van der Waals surface area contributed by atoms with Crippen LogP contribution in [0.2, 0.25) is 0 Å². The maximum absolute atomic E-state index is 13.4. The number of alkyl halides is 2. The van der Waals surface area contributed by atoms with Crippen LogP contribution in [0.15, 0.2) is 17.1 Å². The molecule has 0 radical (unpaired) electrons. The molecule has 1 aromatic rings. The van der Waals surface area contributed by atoms with E-state index in [1.807, 2.05) is 0 Å². The van der Waals surface area contributed by atoms with E-state index in [1.54, 1.807) is 0 Å². The molecule has 0 aromatic carbocycles. The monoisotopic (exact) mass is 271 g/mol. The van der Waals surface area contributed by atoms with Gasteiger partial charge in [0, 0.05) is 18.7 Å². The molecule has 1 fully saturated rings. The summed E-state index contributed by atoms with van der Waals surface area (Å²) in [5, 5.41) is 9.63. The number of aromatic nitrogens is 1. The molecule has 1 aromatic heterocycles. The van der Waals surface area contributed by atoms with Gasteiger partial charge in [-0.25, -0.2) is 8.78 Å². The third-order valence-corrected chi connectivity index (χ3v) is 3.39. The molecule has 19 heavy (non-hydrogen) atoms.